The maximum Gasteiger partial charge on any atom is 0.352 e. The first-order valence-electron chi connectivity index (χ1n) is 6.42. The Morgan fingerprint density at radius 1 is 1.45 bits per heavy atom. The Bertz CT molecular complexity index is 564. The number of hydrogen-bond donors (Lipinski definition) is 3. The Kier molecular flexibility index (Phi) is 5.73. The predicted octanol–water partition coefficient (Wildman–Crippen LogP) is 0.645. The summed E-state index contributed by atoms with van der Waals surface area (Å²) >= 11 is 0. The molecule has 0 aliphatic carbocycles. The highest BCUT2D eigenvalue weighted by molar-refractivity contribution is 7.89. The molecule has 0 bridgehead atoms. The van der Waals surface area contributed by atoms with E-state index in [0.29, 0.717) is 19.4 Å². The molecule has 0 amide bonds. The highest BCUT2D eigenvalue weighted by atomic mass is 32.2. The van der Waals surface area contributed by atoms with Crippen molar-refractivity contribution in [2.75, 3.05) is 6.61 Å². The average molecular weight is 304 g/mol. The summed E-state index contributed by atoms with van der Waals surface area (Å²) in [4.78, 5) is 11.0. The van der Waals surface area contributed by atoms with Gasteiger partial charge in [0.25, 0.3) is 0 Å². The molecule has 7 nitrogen and oxygen atoms in total. The minimum atomic E-state index is -3.78. The van der Waals surface area contributed by atoms with Gasteiger partial charge in [0.05, 0.1) is 0 Å². The maximum absolute atomic E-state index is 12.2. The van der Waals surface area contributed by atoms with Gasteiger partial charge in [-0.1, -0.05) is 6.92 Å². The van der Waals surface area contributed by atoms with E-state index in [2.05, 4.69) is 4.72 Å². The first-order valence-corrected chi connectivity index (χ1v) is 7.90. The lowest BCUT2D eigenvalue weighted by Crippen LogP contribution is -2.34. The molecule has 0 aromatic carbocycles. The number of aromatic nitrogens is 1. The molecule has 0 saturated carbocycles. The van der Waals surface area contributed by atoms with Crippen molar-refractivity contribution < 1.29 is 23.4 Å². The number of nitrogens with zero attached hydrogens (tertiary/aromatic N) is 1. The van der Waals surface area contributed by atoms with Crippen molar-refractivity contribution in [3.63, 3.8) is 0 Å². The van der Waals surface area contributed by atoms with Crippen LogP contribution in [0.5, 0.6) is 0 Å². The first kappa shape index (κ1) is 16.7. The number of aromatic carboxylic acids is 1. The van der Waals surface area contributed by atoms with E-state index in [9.17, 15) is 13.2 Å². The van der Waals surface area contributed by atoms with Crippen LogP contribution < -0.4 is 4.72 Å². The van der Waals surface area contributed by atoms with E-state index in [1.807, 2.05) is 6.92 Å². The van der Waals surface area contributed by atoms with Crippen molar-refractivity contribution in [3.05, 3.63) is 18.0 Å². The number of aliphatic hydroxyl groups is 1. The third kappa shape index (κ3) is 3.81. The van der Waals surface area contributed by atoms with Crippen molar-refractivity contribution in [1.82, 2.24) is 9.29 Å². The molecular weight excluding hydrogens is 284 g/mol. The normalized spacial score (nSPS) is 13.3. The Morgan fingerprint density at radius 2 is 2.10 bits per heavy atom. The number of rotatable bonds is 8. The SMILES string of the molecule is CCC(CCO)NS(=O)(=O)c1cc(C(=O)O)n(CC)c1. The Morgan fingerprint density at radius 3 is 2.50 bits per heavy atom. The van der Waals surface area contributed by atoms with Gasteiger partial charge in [-0.3, -0.25) is 0 Å². The van der Waals surface area contributed by atoms with Crippen LogP contribution in [-0.4, -0.2) is 41.8 Å². The van der Waals surface area contributed by atoms with E-state index in [-0.39, 0.29) is 23.2 Å². The number of sulfonamides is 1. The fraction of sp³-hybridized carbons (Fsp3) is 0.583. The minimum absolute atomic E-state index is 0.0666. The van der Waals surface area contributed by atoms with Gasteiger partial charge in [0.2, 0.25) is 10.0 Å². The van der Waals surface area contributed by atoms with E-state index in [1.165, 1.54) is 10.8 Å². The Labute approximate surface area is 118 Å². The van der Waals surface area contributed by atoms with Gasteiger partial charge < -0.3 is 14.8 Å². The van der Waals surface area contributed by atoms with Gasteiger partial charge in [0.15, 0.2) is 0 Å². The van der Waals surface area contributed by atoms with Gasteiger partial charge in [0, 0.05) is 25.4 Å². The van der Waals surface area contributed by atoms with Crippen LogP contribution in [0.3, 0.4) is 0 Å². The number of hydrogen-bond acceptors (Lipinski definition) is 4. The first-order chi connectivity index (χ1) is 9.35. The van der Waals surface area contributed by atoms with Crippen molar-refractivity contribution in [1.29, 1.82) is 0 Å². The van der Waals surface area contributed by atoms with E-state index >= 15 is 0 Å². The van der Waals surface area contributed by atoms with Crippen LogP contribution >= 0.6 is 0 Å². The monoisotopic (exact) mass is 304 g/mol. The zero-order valence-corrected chi connectivity index (χ0v) is 12.4. The summed E-state index contributed by atoms with van der Waals surface area (Å²) in [5, 5.41) is 17.9. The van der Waals surface area contributed by atoms with Crippen LogP contribution in [-0.2, 0) is 16.6 Å². The van der Waals surface area contributed by atoms with Crippen LogP contribution in [0, 0.1) is 0 Å². The average Bonchev–Trinajstić information content (AvgIpc) is 2.83. The van der Waals surface area contributed by atoms with Crippen LogP contribution in [0.25, 0.3) is 0 Å². The molecule has 0 saturated heterocycles. The van der Waals surface area contributed by atoms with Gasteiger partial charge in [-0.25, -0.2) is 17.9 Å². The molecule has 1 rings (SSSR count). The Hall–Kier alpha value is -1.38. The number of carboxylic acids is 1. The largest absolute Gasteiger partial charge is 0.477 e. The van der Waals surface area contributed by atoms with Crippen molar-refractivity contribution in [3.8, 4) is 0 Å². The van der Waals surface area contributed by atoms with Gasteiger partial charge >= 0.3 is 5.97 Å². The van der Waals surface area contributed by atoms with Crippen molar-refractivity contribution >= 4 is 16.0 Å². The molecule has 1 aromatic heterocycles. The number of carbonyl (C=O) groups is 1. The molecule has 20 heavy (non-hydrogen) atoms. The molecular formula is C12H20N2O5S. The predicted molar refractivity (Wildman–Crippen MR) is 73.2 cm³/mol. The van der Waals surface area contributed by atoms with Gasteiger partial charge in [-0.2, -0.15) is 0 Å². The van der Waals surface area contributed by atoms with Crippen LogP contribution in [0.15, 0.2) is 17.2 Å². The fourth-order valence-corrected chi connectivity index (χ4v) is 3.25. The highest BCUT2D eigenvalue weighted by Crippen LogP contribution is 2.16. The second kappa shape index (κ2) is 6.87. The van der Waals surface area contributed by atoms with Crippen molar-refractivity contribution in [2.24, 2.45) is 0 Å². The lowest BCUT2D eigenvalue weighted by atomic mass is 10.2. The third-order valence-corrected chi connectivity index (χ3v) is 4.52. The number of carboxylic acid groups (broad SMARTS) is 1. The third-order valence-electron chi connectivity index (χ3n) is 3.03. The van der Waals surface area contributed by atoms with Gasteiger partial charge in [-0.15, -0.1) is 0 Å². The van der Waals surface area contributed by atoms with Crippen LogP contribution in [0.1, 0.15) is 37.2 Å². The molecule has 1 atom stereocenters. The van der Waals surface area contributed by atoms with E-state index in [0.717, 1.165) is 6.07 Å². The minimum Gasteiger partial charge on any atom is -0.477 e. The molecule has 3 N–H and O–H groups in total. The van der Waals surface area contributed by atoms with Crippen molar-refractivity contribution in [2.45, 2.75) is 44.2 Å². The van der Waals surface area contributed by atoms with E-state index in [4.69, 9.17) is 10.2 Å². The van der Waals surface area contributed by atoms with E-state index in [1.54, 1.807) is 6.92 Å². The second-order valence-corrected chi connectivity index (χ2v) is 6.10. The van der Waals surface area contributed by atoms with Crippen LogP contribution in [0.4, 0.5) is 0 Å². The molecule has 8 heteroatoms. The number of aryl methyl sites for hydroxylation is 1. The summed E-state index contributed by atoms with van der Waals surface area (Å²) < 4.78 is 28.2. The summed E-state index contributed by atoms with van der Waals surface area (Å²) in [6, 6.07) is 0.767. The number of nitrogens with one attached hydrogen (secondary N) is 1. The standard InChI is InChI=1S/C12H20N2O5S/c1-3-9(5-6-15)13-20(18,19)10-7-11(12(16)17)14(4-2)8-10/h7-9,13,15H,3-6H2,1-2H3,(H,16,17). The zero-order chi connectivity index (χ0) is 15.3. The van der Waals surface area contributed by atoms with Gasteiger partial charge in [-0.05, 0) is 25.8 Å². The summed E-state index contributed by atoms with van der Waals surface area (Å²) in [5.74, 6) is -1.17. The molecule has 1 unspecified atom stereocenters. The quantitative estimate of drug-likeness (QED) is 0.653. The lowest BCUT2D eigenvalue weighted by molar-refractivity contribution is 0.0685. The molecule has 1 heterocycles. The Balaban J connectivity index is 3.06. The van der Waals surface area contributed by atoms with E-state index < -0.39 is 16.0 Å². The van der Waals surface area contributed by atoms with Gasteiger partial charge in [0.1, 0.15) is 10.6 Å². The summed E-state index contributed by atoms with van der Waals surface area (Å²) in [6.07, 6.45) is 2.16. The maximum atomic E-state index is 12.2. The molecule has 1 aromatic rings. The molecule has 0 aliphatic heterocycles. The molecule has 114 valence electrons. The smallest absolute Gasteiger partial charge is 0.352 e. The topological polar surface area (TPSA) is 109 Å². The summed E-state index contributed by atoms with van der Waals surface area (Å²) in [6.45, 7) is 3.79. The fourth-order valence-electron chi connectivity index (χ4n) is 1.86. The van der Waals surface area contributed by atoms with Crippen LogP contribution in [0.2, 0.25) is 0 Å². The highest BCUT2D eigenvalue weighted by Gasteiger charge is 2.23. The molecule has 0 fully saturated rings. The number of aliphatic hydroxyl groups excluding tert-OH is 1. The second-order valence-electron chi connectivity index (χ2n) is 4.39. The summed E-state index contributed by atoms with van der Waals surface area (Å²) in [5.41, 5.74) is -0.0666. The molecule has 0 radical (unpaired) electrons. The zero-order valence-electron chi connectivity index (χ0n) is 11.5. The molecule has 0 aliphatic rings. The lowest BCUT2D eigenvalue weighted by Gasteiger charge is -2.15. The summed E-state index contributed by atoms with van der Waals surface area (Å²) in [7, 11) is -3.78. The molecule has 0 spiro atoms.